The van der Waals surface area contributed by atoms with Crippen LogP contribution >= 0.6 is 22.9 Å². The normalized spacial score (nSPS) is 11.6. The van der Waals surface area contributed by atoms with Crippen LogP contribution in [0.4, 0.5) is 5.00 Å². The summed E-state index contributed by atoms with van der Waals surface area (Å²) in [4.78, 5) is 37.1. The highest BCUT2D eigenvalue weighted by Crippen LogP contribution is 2.34. The molecule has 27 heavy (non-hydrogen) atoms. The molecule has 144 valence electrons. The largest absolute Gasteiger partial charge is 0.462 e. The Labute approximate surface area is 166 Å². The lowest BCUT2D eigenvalue weighted by Gasteiger charge is -2.14. The predicted molar refractivity (Wildman–Crippen MR) is 107 cm³/mol. The second-order valence-electron chi connectivity index (χ2n) is 5.77. The molecule has 1 unspecified atom stereocenters. The van der Waals surface area contributed by atoms with Gasteiger partial charge in [0.1, 0.15) is 10.9 Å². The van der Waals surface area contributed by atoms with Crippen LogP contribution in [0, 0.1) is 6.92 Å². The Kier molecular flexibility index (Phi) is 7.38. The van der Waals surface area contributed by atoms with E-state index < -0.39 is 11.9 Å². The molecule has 0 radical (unpaired) electrons. The van der Waals surface area contributed by atoms with Crippen LogP contribution in [-0.2, 0) is 9.53 Å². The van der Waals surface area contributed by atoms with Crippen molar-refractivity contribution < 1.29 is 19.1 Å². The molecule has 2 rings (SSSR count). The van der Waals surface area contributed by atoms with E-state index in [9.17, 15) is 14.4 Å². The predicted octanol–water partition coefficient (Wildman–Crippen LogP) is 3.90. The van der Waals surface area contributed by atoms with Gasteiger partial charge in [-0.05, 0) is 31.9 Å². The molecule has 0 aliphatic rings. The monoisotopic (exact) mass is 408 g/mol. The third-order valence-corrected chi connectivity index (χ3v) is 5.30. The second-order valence-corrected chi connectivity index (χ2v) is 7.06. The summed E-state index contributed by atoms with van der Waals surface area (Å²) in [7, 11) is 0. The number of benzene rings is 1. The summed E-state index contributed by atoms with van der Waals surface area (Å²) >= 11 is 6.56. The number of esters is 1. The van der Waals surface area contributed by atoms with E-state index in [1.807, 2.05) is 37.3 Å². The molecule has 0 saturated carbocycles. The van der Waals surface area contributed by atoms with E-state index >= 15 is 0 Å². The Balaban J connectivity index is 2.32. The lowest BCUT2D eigenvalue weighted by Crippen LogP contribution is -2.26. The summed E-state index contributed by atoms with van der Waals surface area (Å²) in [6.07, 6.45) is 0. The molecule has 0 aliphatic heterocycles. The molecule has 0 spiro atoms. The number of carbonyl (C=O) groups is 3. The van der Waals surface area contributed by atoms with Gasteiger partial charge in [-0.1, -0.05) is 30.3 Å². The minimum Gasteiger partial charge on any atom is -0.462 e. The minimum absolute atomic E-state index is 0.179. The molecule has 2 N–H and O–H groups in total. The van der Waals surface area contributed by atoms with E-state index in [0.717, 1.165) is 16.9 Å². The molecular weight excluding hydrogens is 388 g/mol. The standard InChI is InChI=1S/C19H21ClN2O4S/c1-4-26-19(25)15-11(2)16(27-18(15)22-14(23)10-20)17(24)21-12(3)13-8-6-5-7-9-13/h5-9,12H,4,10H2,1-3H3,(H,21,24)(H,22,23). The van der Waals surface area contributed by atoms with Crippen molar-refractivity contribution in [2.24, 2.45) is 0 Å². The number of hydrogen-bond acceptors (Lipinski definition) is 5. The van der Waals surface area contributed by atoms with Gasteiger partial charge in [0, 0.05) is 0 Å². The number of alkyl halides is 1. The summed E-state index contributed by atoms with van der Waals surface area (Å²) in [6.45, 7) is 5.40. The zero-order valence-electron chi connectivity index (χ0n) is 15.3. The molecule has 0 bridgehead atoms. The number of nitrogens with one attached hydrogen (secondary N) is 2. The minimum atomic E-state index is -0.591. The molecule has 1 atom stereocenters. The highest BCUT2D eigenvalue weighted by molar-refractivity contribution is 7.18. The first-order valence-electron chi connectivity index (χ1n) is 8.41. The fourth-order valence-corrected chi connectivity index (χ4v) is 3.70. The average molecular weight is 409 g/mol. The average Bonchev–Trinajstić information content (AvgIpc) is 2.98. The highest BCUT2D eigenvalue weighted by atomic mass is 35.5. The van der Waals surface area contributed by atoms with Gasteiger partial charge < -0.3 is 15.4 Å². The van der Waals surface area contributed by atoms with Gasteiger partial charge in [-0.15, -0.1) is 22.9 Å². The fraction of sp³-hybridized carbons (Fsp3) is 0.316. The summed E-state index contributed by atoms with van der Waals surface area (Å²) in [5.74, 6) is -1.64. The quantitative estimate of drug-likeness (QED) is 0.537. The topological polar surface area (TPSA) is 84.5 Å². The Morgan fingerprint density at radius 2 is 1.89 bits per heavy atom. The number of halogens is 1. The number of anilines is 1. The smallest absolute Gasteiger partial charge is 0.341 e. The molecule has 2 aromatic rings. The van der Waals surface area contributed by atoms with Gasteiger partial charge in [-0.3, -0.25) is 9.59 Å². The summed E-state index contributed by atoms with van der Waals surface area (Å²) in [5.41, 5.74) is 1.60. The maximum Gasteiger partial charge on any atom is 0.341 e. The van der Waals surface area contributed by atoms with Gasteiger partial charge >= 0.3 is 5.97 Å². The Morgan fingerprint density at radius 3 is 2.48 bits per heavy atom. The molecule has 0 fully saturated rings. The zero-order valence-corrected chi connectivity index (χ0v) is 16.9. The van der Waals surface area contributed by atoms with Gasteiger partial charge in [0.2, 0.25) is 5.91 Å². The Hall–Kier alpha value is -2.38. The van der Waals surface area contributed by atoms with Gasteiger partial charge in [0.15, 0.2) is 0 Å². The van der Waals surface area contributed by atoms with Crippen LogP contribution in [-0.4, -0.2) is 30.3 Å². The van der Waals surface area contributed by atoms with Crippen LogP contribution in [0.25, 0.3) is 0 Å². The number of ether oxygens (including phenoxy) is 1. The van der Waals surface area contributed by atoms with Crippen LogP contribution in [0.3, 0.4) is 0 Å². The van der Waals surface area contributed by atoms with Crippen LogP contribution < -0.4 is 10.6 Å². The van der Waals surface area contributed by atoms with Gasteiger partial charge in [0.05, 0.1) is 23.1 Å². The van der Waals surface area contributed by atoms with Crippen LogP contribution in [0.5, 0.6) is 0 Å². The van der Waals surface area contributed by atoms with E-state index in [2.05, 4.69) is 10.6 Å². The molecular formula is C19H21ClN2O4S. The van der Waals surface area contributed by atoms with Gasteiger partial charge in [-0.25, -0.2) is 4.79 Å². The number of amides is 2. The lowest BCUT2D eigenvalue weighted by atomic mass is 10.1. The molecule has 1 aromatic heterocycles. The molecule has 1 aromatic carbocycles. The first-order valence-corrected chi connectivity index (χ1v) is 9.76. The van der Waals surface area contributed by atoms with Crippen LogP contribution in [0.1, 0.15) is 51.0 Å². The van der Waals surface area contributed by atoms with Gasteiger partial charge in [-0.2, -0.15) is 0 Å². The molecule has 0 aliphatic carbocycles. The Bertz CT molecular complexity index is 836. The molecule has 6 nitrogen and oxygen atoms in total. The van der Waals surface area contributed by atoms with Crippen molar-refractivity contribution in [1.82, 2.24) is 5.32 Å². The number of rotatable bonds is 7. The molecule has 8 heteroatoms. The number of thiophene rings is 1. The van der Waals surface area contributed by atoms with Crippen LogP contribution in [0.15, 0.2) is 30.3 Å². The first kappa shape index (κ1) is 20.9. The van der Waals surface area contributed by atoms with E-state index in [0.29, 0.717) is 10.4 Å². The van der Waals surface area contributed by atoms with Crippen molar-refractivity contribution in [1.29, 1.82) is 0 Å². The third-order valence-electron chi connectivity index (χ3n) is 3.85. The maximum atomic E-state index is 12.8. The van der Waals surface area contributed by atoms with Crippen molar-refractivity contribution >= 4 is 45.7 Å². The van der Waals surface area contributed by atoms with E-state index in [1.54, 1.807) is 13.8 Å². The molecule has 2 amide bonds. The van der Waals surface area contributed by atoms with E-state index in [-0.39, 0.29) is 35.0 Å². The number of carbonyl (C=O) groups excluding carboxylic acids is 3. The molecule has 0 saturated heterocycles. The van der Waals surface area contributed by atoms with Crippen molar-refractivity contribution in [2.45, 2.75) is 26.8 Å². The van der Waals surface area contributed by atoms with E-state index in [1.165, 1.54) is 0 Å². The SMILES string of the molecule is CCOC(=O)c1c(NC(=O)CCl)sc(C(=O)NC(C)c2ccccc2)c1C. The summed E-state index contributed by atoms with van der Waals surface area (Å²) < 4.78 is 5.06. The number of hydrogen-bond donors (Lipinski definition) is 2. The van der Waals surface area contributed by atoms with E-state index in [4.69, 9.17) is 16.3 Å². The maximum absolute atomic E-state index is 12.8. The summed E-state index contributed by atoms with van der Waals surface area (Å²) in [5, 5.41) is 5.74. The van der Waals surface area contributed by atoms with Crippen molar-refractivity contribution in [3.63, 3.8) is 0 Å². The van der Waals surface area contributed by atoms with Gasteiger partial charge in [0.25, 0.3) is 5.91 Å². The first-order chi connectivity index (χ1) is 12.9. The third kappa shape index (κ3) is 5.08. The van der Waals surface area contributed by atoms with Crippen molar-refractivity contribution in [3.05, 3.63) is 51.9 Å². The zero-order chi connectivity index (χ0) is 20.0. The van der Waals surface area contributed by atoms with Crippen molar-refractivity contribution in [2.75, 3.05) is 17.8 Å². The van der Waals surface area contributed by atoms with Crippen molar-refractivity contribution in [3.8, 4) is 0 Å². The Morgan fingerprint density at radius 1 is 1.22 bits per heavy atom. The highest BCUT2D eigenvalue weighted by Gasteiger charge is 2.27. The summed E-state index contributed by atoms with van der Waals surface area (Å²) in [6, 6.07) is 9.32. The van der Waals surface area contributed by atoms with Crippen LogP contribution in [0.2, 0.25) is 0 Å². The lowest BCUT2D eigenvalue weighted by molar-refractivity contribution is -0.113. The second kappa shape index (κ2) is 9.53. The molecule has 1 heterocycles. The fourth-order valence-electron chi connectivity index (χ4n) is 2.51.